The number of nitriles is 1. The normalized spacial score (nSPS) is 11.9. The standard InChI is InChI=1S/C7H2F3N3S/c8-7(9,10)5-4(3-11)13-1-2-14-6(13)12-5/h1-2H. The number of alkyl halides is 3. The predicted octanol–water partition coefficient (Wildman–Crippen LogP) is 2.29. The van der Waals surface area contributed by atoms with Crippen molar-refractivity contribution in [3.63, 3.8) is 0 Å². The van der Waals surface area contributed by atoms with Crippen molar-refractivity contribution in [2.75, 3.05) is 0 Å². The Bertz CT molecular complexity index is 516. The molecule has 0 saturated heterocycles. The second kappa shape index (κ2) is 2.72. The van der Waals surface area contributed by atoms with Crippen molar-refractivity contribution in [1.82, 2.24) is 9.38 Å². The number of nitrogens with zero attached hydrogens (tertiary/aromatic N) is 3. The smallest absolute Gasteiger partial charge is 0.281 e. The summed E-state index contributed by atoms with van der Waals surface area (Å²) in [6.07, 6.45) is -3.18. The zero-order chi connectivity index (χ0) is 10.3. The van der Waals surface area contributed by atoms with E-state index in [1.54, 1.807) is 5.38 Å². The highest BCUT2D eigenvalue weighted by Crippen LogP contribution is 2.32. The third-order valence-electron chi connectivity index (χ3n) is 1.64. The molecule has 2 rings (SSSR count). The van der Waals surface area contributed by atoms with Gasteiger partial charge in [0.25, 0.3) is 0 Å². The third-order valence-corrected chi connectivity index (χ3v) is 2.39. The first-order valence-corrected chi connectivity index (χ1v) is 4.35. The number of imidazole rings is 1. The van der Waals surface area contributed by atoms with E-state index in [0.29, 0.717) is 0 Å². The maximum absolute atomic E-state index is 12.3. The average Bonchev–Trinajstić information content (AvgIpc) is 2.58. The summed E-state index contributed by atoms with van der Waals surface area (Å²) in [6, 6.07) is 1.50. The van der Waals surface area contributed by atoms with Crippen LogP contribution in [-0.4, -0.2) is 9.38 Å². The molecule has 0 aliphatic carbocycles. The van der Waals surface area contributed by atoms with Gasteiger partial charge in [-0.2, -0.15) is 18.4 Å². The van der Waals surface area contributed by atoms with Gasteiger partial charge in [0.05, 0.1) is 0 Å². The predicted molar refractivity (Wildman–Crippen MR) is 42.8 cm³/mol. The number of hydrogen-bond donors (Lipinski definition) is 0. The van der Waals surface area contributed by atoms with Gasteiger partial charge in [0, 0.05) is 11.6 Å². The Hall–Kier alpha value is -1.55. The van der Waals surface area contributed by atoms with Crippen LogP contribution in [0.1, 0.15) is 11.4 Å². The van der Waals surface area contributed by atoms with Crippen molar-refractivity contribution >= 4 is 16.3 Å². The first-order valence-electron chi connectivity index (χ1n) is 3.47. The second-order valence-corrected chi connectivity index (χ2v) is 3.35. The van der Waals surface area contributed by atoms with E-state index in [9.17, 15) is 13.2 Å². The Labute approximate surface area is 80.0 Å². The number of hydrogen-bond acceptors (Lipinski definition) is 3. The number of thiazole rings is 1. The highest BCUT2D eigenvalue weighted by Gasteiger charge is 2.38. The van der Waals surface area contributed by atoms with E-state index in [-0.39, 0.29) is 4.96 Å². The Kier molecular flexibility index (Phi) is 1.75. The Morgan fingerprint density at radius 1 is 1.50 bits per heavy atom. The van der Waals surface area contributed by atoms with E-state index in [1.807, 2.05) is 0 Å². The molecule has 7 heteroatoms. The van der Waals surface area contributed by atoms with E-state index >= 15 is 0 Å². The number of rotatable bonds is 0. The average molecular weight is 217 g/mol. The van der Waals surface area contributed by atoms with Crippen molar-refractivity contribution in [1.29, 1.82) is 5.26 Å². The summed E-state index contributed by atoms with van der Waals surface area (Å²) in [5.74, 6) is 0. The lowest BCUT2D eigenvalue weighted by Crippen LogP contribution is -2.08. The molecule has 0 aliphatic rings. The molecule has 0 bridgehead atoms. The van der Waals surface area contributed by atoms with Gasteiger partial charge < -0.3 is 0 Å². The maximum atomic E-state index is 12.3. The minimum atomic E-state index is -4.57. The second-order valence-electron chi connectivity index (χ2n) is 2.47. The lowest BCUT2D eigenvalue weighted by Gasteiger charge is -2.00. The molecule has 0 unspecified atom stereocenters. The summed E-state index contributed by atoms with van der Waals surface area (Å²) in [4.78, 5) is 3.52. The molecule has 0 aromatic carbocycles. The summed E-state index contributed by atoms with van der Waals surface area (Å²) in [6.45, 7) is 0. The van der Waals surface area contributed by atoms with Crippen LogP contribution in [0.2, 0.25) is 0 Å². The van der Waals surface area contributed by atoms with E-state index in [0.717, 1.165) is 15.7 Å². The highest BCUT2D eigenvalue weighted by atomic mass is 32.1. The molecule has 0 aliphatic heterocycles. The molecule has 14 heavy (non-hydrogen) atoms. The molecule has 0 amide bonds. The molecule has 0 N–H and O–H groups in total. The molecule has 0 fully saturated rings. The largest absolute Gasteiger partial charge is 0.436 e. The van der Waals surface area contributed by atoms with Gasteiger partial charge in [-0.1, -0.05) is 0 Å². The molecule has 3 nitrogen and oxygen atoms in total. The molecule has 72 valence electrons. The molecular weight excluding hydrogens is 215 g/mol. The lowest BCUT2D eigenvalue weighted by atomic mass is 10.3. The summed E-state index contributed by atoms with van der Waals surface area (Å²) >= 11 is 1.05. The maximum Gasteiger partial charge on any atom is 0.436 e. The van der Waals surface area contributed by atoms with Gasteiger partial charge in [-0.05, 0) is 0 Å². The molecule has 0 saturated carbocycles. The van der Waals surface area contributed by atoms with Gasteiger partial charge in [0.1, 0.15) is 6.07 Å². The molecule has 0 spiro atoms. The van der Waals surface area contributed by atoms with E-state index in [2.05, 4.69) is 4.98 Å². The van der Waals surface area contributed by atoms with Gasteiger partial charge in [-0.25, -0.2) is 4.98 Å². The zero-order valence-electron chi connectivity index (χ0n) is 6.54. The Morgan fingerprint density at radius 2 is 2.21 bits per heavy atom. The SMILES string of the molecule is N#Cc1c(C(F)(F)F)nc2sccn12. The van der Waals surface area contributed by atoms with Crippen LogP contribution in [0.4, 0.5) is 13.2 Å². The van der Waals surface area contributed by atoms with Gasteiger partial charge in [-0.15, -0.1) is 11.3 Å². The van der Waals surface area contributed by atoms with Crippen LogP contribution < -0.4 is 0 Å². The summed E-state index contributed by atoms with van der Waals surface area (Å²) in [5.41, 5.74) is -1.58. The Morgan fingerprint density at radius 3 is 2.79 bits per heavy atom. The quantitative estimate of drug-likeness (QED) is 0.679. The fraction of sp³-hybridized carbons (Fsp3) is 0.143. The van der Waals surface area contributed by atoms with Crippen LogP contribution in [0.25, 0.3) is 4.96 Å². The van der Waals surface area contributed by atoms with Crippen LogP contribution in [-0.2, 0) is 6.18 Å². The molecule has 2 aromatic rings. The van der Waals surface area contributed by atoms with Crippen LogP contribution in [0.15, 0.2) is 11.6 Å². The van der Waals surface area contributed by atoms with Crippen molar-refractivity contribution in [3.8, 4) is 6.07 Å². The van der Waals surface area contributed by atoms with E-state index < -0.39 is 17.6 Å². The number of aromatic nitrogens is 2. The molecule has 2 aromatic heterocycles. The van der Waals surface area contributed by atoms with Crippen LogP contribution >= 0.6 is 11.3 Å². The Balaban J connectivity index is 2.78. The lowest BCUT2D eigenvalue weighted by molar-refractivity contribution is -0.141. The van der Waals surface area contributed by atoms with Gasteiger partial charge in [0.15, 0.2) is 16.3 Å². The highest BCUT2D eigenvalue weighted by molar-refractivity contribution is 7.15. The fourth-order valence-electron chi connectivity index (χ4n) is 1.09. The van der Waals surface area contributed by atoms with Crippen molar-refractivity contribution in [2.45, 2.75) is 6.18 Å². The first kappa shape index (κ1) is 9.02. The molecule has 0 atom stereocenters. The monoisotopic (exact) mass is 217 g/mol. The molecule has 0 radical (unpaired) electrons. The minimum Gasteiger partial charge on any atom is -0.281 e. The van der Waals surface area contributed by atoms with Crippen molar-refractivity contribution < 1.29 is 13.2 Å². The van der Waals surface area contributed by atoms with Gasteiger partial charge in [-0.3, -0.25) is 4.40 Å². The van der Waals surface area contributed by atoms with Gasteiger partial charge in [0.2, 0.25) is 0 Å². The van der Waals surface area contributed by atoms with Crippen LogP contribution in [0.5, 0.6) is 0 Å². The zero-order valence-corrected chi connectivity index (χ0v) is 7.35. The van der Waals surface area contributed by atoms with Crippen molar-refractivity contribution in [2.24, 2.45) is 0 Å². The summed E-state index contributed by atoms with van der Waals surface area (Å²) in [5, 5.41) is 10.2. The third kappa shape index (κ3) is 1.15. The first-order chi connectivity index (χ1) is 6.54. The molecular formula is C7H2F3N3S. The minimum absolute atomic E-state index is 0.175. The summed E-state index contributed by atoms with van der Waals surface area (Å²) < 4.78 is 38.1. The fourth-order valence-corrected chi connectivity index (χ4v) is 1.80. The van der Waals surface area contributed by atoms with Crippen LogP contribution in [0, 0.1) is 11.3 Å². The van der Waals surface area contributed by atoms with Crippen molar-refractivity contribution in [3.05, 3.63) is 23.0 Å². The summed E-state index contributed by atoms with van der Waals surface area (Å²) in [7, 11) is 0. The van der Waals surface area contributed by atoms with Gasteiger partial charge >= 0.3 is 6.18 Å². The topological polar surface area (TPSA) is 41.1 Å². The van der Waals surface area contributed by atoms with E-state index in [1.165, 1.54) is 12.3 Å². The number of halogens is 3. The number of fused-ring (bicyclic) bond motifs is 1. The molecule has 2 heterocycles. The van der Waals surface area contributed by atoms with Crippen LogP contribution in [0.3, 0.4) is 0 Å². The van der Waals surface area contributed by atoms with E-state index in [4.69, 9.17) is 5.26 Å².